The van der Waals surface area contributed by atoms with Crippen molar-refractivity contribution in [1.82, 2.24) is 0 Å². The van der Waals surface area contributed by atoms with Gasteiger partial charge in [0.05, 0.1) is 0 Å². The van der Waals surface area contributed by atoms with Crippen LogP contribution in [0.1, 0.15) is 40.5 Å². The second-order valence-corrected chi connectivity index (χ2v) is 7.86. The van der Waals surface area contributed by atoms with Crippen molar-refractivity contribution >= 4 is 9.24 Å². The number of hydrogen-bond acceptors (Lipinski definition) is 0. The molecule has 0 aliphatic heterocycles. The van der Waals surface area contributed by atoms with E-state index in [1.807, 2.05) is 0 Å². The Morgan fingerprint density at radius 3 is 1.76 bits per heavy atom. The maximum Gasteiger partial charge on any atom is -0.00466 e. The quantitative estimate of drug-likeness (QED) is 0.563. The molecule has 0 aromatic heterocycles. The molecule has 0 radical (unpaired) electrons. The summed E-state index contributed by atoms with van der Waals surface area (Å²) >= 11 is 0. The van der Waals surface area contributed by atoms with Crippen LogP contribution in [0.4, 0.5) is 0 Å². The van der Waals surface area contributed by atoms with Crippen molar-refractivity contribution in [3.8, 4) is 0 Å². The SMILES string of the molecule is CC1C=CC=CC1(C)C(CCCP)C1(C)C=CC=CC1C. The molecule has 2 aliphatic carbocycles. The molecular formula is C20H31P. The van der Waals surface area contributed by atoms with Crippen LogP contribution >= 0.6 is 9.24 Å². The lowest BCUT2D eigenvalue weighted by molar-refractivity contribution is 0.0528. The zero-order valence-electron chi connectivity index (χ0n) is 14.0. The minimum Gasteiger partial charge on any atom is -0.138 e. The highest BCUT2D eigenvalue weighted by molar-refractivity contribution is 7.16. The summed E-state index contributed by atoms with van der Waals surface area (Å²) in [5.41, 5.74) is 0.486. The van der Waals surface area contributed by atoms with Crippen molar-refractivity contribution in [2.75, 3.05) is 6.16 Å². The summed E-state index contributed by atoms with van der Waals surface area (Å²) in [4.78, 5) is 0. The summed E-state index contributed by atoms with van der Waals surface area (Å²) < 4.78 is 0. The Balaban J connectivity index is 2.39. The molecule has 0 nitrogen and oxygen atoms in total. The number of allylic oxidation sites excluding steroid dienone is 8. The summed E-state index contributed by atoms with van der Waals surface area (Å²) in [7, 11) is 2.89. The molecule has 0 aromatic rings. The molecule has 5 unspecified atom stereocenters. The molecular weight excluding hydrogens is 271 g/mol. The van der Waals surface area contributed by atoms with Crippen LogP contribution in [-0.4, -0.2) is 6.16 Å². The predicted molar refractivity (Wildman–Crippen MR) is 98.4 cm³/mol. The van der Waals surface area contributed by atoms with Gasteiger partial charge in [-0.25, -0.2) is 0 Å². The van der Waals surface area contributed by atoms with Crippen molar-refractivity contribution < 1.29 is 0 Å². The predicted octanol–water partition coefficient (Wildman–Crippen LogP) is 5.79. The van der Waals surface area contributed by atoms with Crippen LogP contribution in [0.25, 0.3) is 0 Å². The van der Waals surface area contributed by atoms with Crippen molar-refractivity contribution in [2.45, 2.75) is 40.5 Å². The average molecular weight is 302 g/mol. The molecule has 0 N–H and O–H groups in total. The first-order valence-corrected chi connectivity index (χ1v) is 9.19. The average Bonchev–Trinajstić information content (AvgIpc) is 2.46. The summed E-state index contributed by atoms with van der Waals surface area (Å²) in [6, 6.07) is 0. The maximum absolute atomic E-state index is 2.89. The lowest BCUT2D eigenvalue weighted by Crippen LogP contribution is -2.45. The van der Waals surface area contributed by atoms with Crippen molar-refractivity contribution in [3.63, 3.8) is 0 Å². The van der Waals surface area contributed by atoms with Gasteiger partial charge in [0.2, 0.25) is 0 Å². The molecule has 21 heavy (non-hydrogen) atoms. The summed E-state index contributed by atoms with van der Waals surface area (Å²) in [6.07, 6.45) is 22.4. The highest BCUT2D eigenvalue weighted by atomic mass is 31.0. The molecule has 5 atom stereocenters. The van der Waals surface area contributed by atoms with Gasteiger partial charge in [-0.15, -0.1) is 9.24 Å². The third kappa shape index (κ3) is 3.11. The largest absolute Gasteiger partial charge is 0.138 e. The van der Waals surface area contributed by atoms with Gasteiger partial charge in [0, 0.05) is 0 Å². The molecule has 0 aromatic carbocycles. The minimum absolute atomic E-state index is 0.243. The van der Waals surface area contributed by atoms with Crippen LogP contribution < -0.4 is 0 Å². The second-order valence-electron chi connectivity index (χ2n) is 7.28. The maximum atomic E-state index is 2.89. The first-order valence-electron chi connectivity index (χ1n) is 8.37. The van der Waals surface area contributed by atoms with E-state index in [2.05, 4.69) is 85.5 Å². The normalized spacial score (nSPS) is 39.7. The zero-order valence-corrected chi connectivity index (χ0v) is 15.2. The fourth-order valence-electron chi connectivity index (χ4n) is 4.19. The van der Waals surface area contributed by atoms with E-state index in [0.29, 0.717) is 17.8 Å². The van der Waals surface area contributed by atoms with Gasteiger partial charge in [0.25, 0.3) is 0 Å². The second kappa shape index (κ2) is 6.66. The van der Waals surface area contributed by atoms with Crippen LogP contribution in [0.3, 0.4) is 0 Å². The van der Waals surface area contributed by atoms with E-state index in [0.717, 1.165) is 0 Å². The molecule has 0 spiro atoms. The molecule has 0 amide bonds. The van der Waals surface area contributed by atoms with Gasteiger partial charge < -0.3 is 0 Å². The molecule has 0 heterocycles. The molecule has 0 saturated carbocycles. The van der Waals surface area contributed by atoms with E-state index >= 15 is 0 Å². The molecule has 116 valence electrons. The summed E-state index contributed by atoms with van der Waals surface area (Å²) in [5, 5.41) is 0. The first-order chi connectivity index (χ1) is 9.95. The van der Waals surface area contributed by atoms with Crippen LogP contribution in [0.5, 0.6) is 0 Å². The van der Waals surface area contributed by atoms with Crippen molar-refractivity contribution in [2.24, 2.45) is 28.6 Å². The lowest BCUT2D eigenvalue weighted by atomic mass is 9.53. The molecule has 0 saturated heterocycles. The van der Waals surface area contributed by atoms with E-state index < -0.39 is 0 Å². The standard InChI is InChI=1S/C20H31P/c1-16-10-5-7-13-19(16,3)18(12-9-15-21)20(4)14-8-6-11-17(20)2/h5-8,10-11,13-14,16-18H,9,12,15,21H2,1-4H3. The smallest absolute Gasteiger partial charge is 0.00466 e. The molecule has 0 fully saturated rings. The van der Waals surface area contributed by atoms with Gasteiger partial charge in [-0.05, 0) is 47.6 Å². The molecule has 2 rings (SSSR count). The van der Waals surface area contributed by atoms with E-state index in [1.165, 1.54) is 19.0 Å². The molecule has 0 bridgehead atoms. The van der Waals surface area contributed by atoms with Gasteiger partial charge in [-0.2, -0.15) is 0 Å². The van der Waals surface area contributed by atoms with Gasteiger partial charge in [-0.1, -0.05) is 76.3 Å². The fourth-order valence-corrected chi connectivity index (χ4v) is 4.42. The van der Waals surface area contributed by atoms with Crippen LogP contribution in [-0.2, 0) is 0 Å². The Kier molecular flexibility index (Phi) is 5.31. The Morgan fingerprint density at radius 1 is 0.905 bits per heavy atom. The topological polar surface area (TPSA) is 0 Å². The van der Waals surface area contributed by atoms with Crippen LogP contribution in [0.15, 0.2) is 48.6 Å². The third-order valence-corrected chi connectivity index (χ3v) is 6.50. The van der Waals surface area contributed by atoms with Gasteiger partial charge >= 0.3 is 0 Å². The highest BCUT2D eigenvalue weighted by Crippen LogP contribution is 2.54. The van der Waals surface area contributed by atoms with E-state index in [9.17, 15) is 0 Å². The van der Waals surface area contributed by atoms with E-state index in [-0.39, 0.29) is 10.8 Å². The Bertz CT molecular complexity index is 430. The van der Waals surface area contributed by atoms with E-state index in [1.54, 1.807) is 0 Å². The fraction of sp³-hybridized carbons (Fsp3) is 0.600. The number of hydrogen-bond donors (Lipinski definition) is 0. The zero-order chi connectivity index (χ0) is 15.5. The van der Waals surface area contributed by atoms with E-state index in [4.69, 9.17) is 0 Å². The third-order valence-electron chi connectivity index (χ3n) is 6.09. The van der Waals surface area contributed by atoms with Crippen molar-refractivity contribution in [3.05, 3.63) is 48.6 Å². The van der Waals surface area contributed by atoms with Crippen LogP contribution in [0, 0.1) is 28.6 Å². The Morgan fingerprint density at radius 2 is 1.38 bits per heavy atom. The summed E-state index contributed by atoms with van der Waals surface area (Å²) in [5.74, 6) is 1.86. The van der Waals surface area contributed by atoms with Gasteiger partial charge in [0.1, 0.15) is 0 Å². The van der Waals surface area contributed by atoms with Gasteiger partial charge in [0.15, 0.2) is 0 Å². The monoisotopic (exact) mass is 302 g/mol. The molecule has 2 aliphatic rings. The summed E-state index contributed by atoms with van der Waals surface area (Å²) in [6.45, 7) is 9.69. The Labute approximate surface area is 133 Å². The van der Waals surface area contributed by atoms with Crippen molar-refractivity contribution in [1.29, 1.82) is 0 Å². The first kappa shape index (κ1) is 16.8. The van der Waals surface area contributed by atoms with Gasteiger partial charge in [-0.3, -0.25) is 0 Å². The minimum atomic E-state index is 0.243. The Hall–Kier alpha value is -0.610. The number of rotatable bonds is 5. The molecule has 1 heteroatoms. The van der Waals surface area contributed by atoms with Crippen LogP contribution in [0.2, 0.25) is 0 Å². The highest BCUT2D eigenvalue weighted by Gasteiger charge is 2.47. The lowest BCUT2D eigenvalue weighted by Gasteiger charge is -2.51.